The number of hydrogen-bond donors (Lipinski definition) is 6. The molecule has 6 N–H and O–H groups in total. The summed E-state index contributed by atoms with van der Waals surface area (Å²) >= 11 is 0. The van der Waals surface area contributed by atoms with Gasteiger partial charge in [0.1, 0.15) is 0 Å². The molecule has 0 atom stereocenters. The SMILES string of the molecule is O=P(O)(O)O.O=P(O)(O)O.[Fe].[LiH].[LiH].[LiH].[V]. The Morgan fingerprint density at radius 2 is 0.600 bits per heavy atom. The van der Waals surface area contributed by atoms with Crippen molar-refractivity contribution in [1.82, 2.24) is 0 Å². The third kappa shape index (κ3) is 403. The Balaban J connectivity index is -0.0000000128. The van der Waals surface area contributed by atoms with Crippen molar-refractivity contribution in [3.05, 3.63) is 0 Å². The van der Waals surface area contributed by atoms with Gasteiger partial charge in [-0.2, -0.15) is 0 Å². The summed E-state index contributed by atoms with van der Waals surface area (Å²) in [6.07, 6.45) is 0. The monoisotopic (exact) mass is 327 g/mol. The summed E-state index contributed by atoms with van der Waals surface area (Å²) in [7, 11) is -9.28. The fourth-order valence-electron chi connectivity index (χ4n) is 0. The van der Waals surface area contributed by atoms with Crippen molar-refractivity contribution in [3.63, 3.8) is 0 Å². The third-order valence-corrected chi connectivity index (χ3v) is 0. The molecule has 0 aliphatic rings. The molecule has 0 saturated heterocycles. The van der Waals surface area contributed by atoms with E-state index < -0.39 is 15.6 Å². The van der Waals surface area contributed by atoms with Gasteiger partial charge in [0.05, 0.1) is 0 Å². The molecule has 0 amide bonds. The second-order valence-electron chi connectivity index (χ2n) is 1.03. The Bertz CT molecular complexity index is 140. The summed E-state index contributed by atoms with van der Waals surface area (Å²) in [4.78, 5) is 43.1. The van der Waals surface area contributed by atoms with Crippen molar-refractivity contribution in [2.45, 2.75) is 0 Å². The summed E-state index contributed by atoms with van der Waals surface area (Å²) in [5, 5.41) is 0. The molecule has 83 valence electrons. The van der Waals surface area contributed by atoms with Crippen LogP contribution in [0.2, 0.25) is 0 Å². The molecule has 0 aromatic rings. The molecule has 8 nitrogen and oxygen atoms in total. The van der Waals surface area contributed by atoms with Gasteiger partial charge in [0.2, 0.25) is 0 Å². The Hall–Kier alpha value is 3.12. The zero-order valence-electron chi connectivity index (χ0n) is 5.19. The molecule has 0 aromatic heterocycles. The topological polar surface area (TPSA) is 156 Å². The van der Waals surface area contributed by atoms with Crippen molar-refractivity contribution in [2.75, 3.05) is 0 Å². The van der Waals surface area contributed by atoms with Crippen LogP contribution in [0, 0.1) is 0 Å². The van der Waals surface area contributed by atoms with Gasteiger partial charge in [-0.1, -0.05) is 0 Å². The maximum atomic E-state index is 8.88. The fraction of sp³-hybridized carbons (Fsp3) is 0. The maximum absolute atomic E-state index is 8.88. The van der Waals surface area contributed by atoms with Gasteiger partial charge in [0.15, 0.2) is 0 Å². The van der Waals surface area contributed by atoms with Gasteiger partial charge in [0.25, 0.3) is 0 Å². The van der Waals surface area contributed by atoms with E-state index in [0.29, 0.717) is 0 Å². The minimum atomic E-state index is -4.64. The van der Waals surface area contributed by atoms with Crippen LogP contribution in [0.25, 0.3) is 0 Å². The Morgan fingerprint density at radius 3 is 0.600 bits per heavy atom. The predicted octanol–water partition coefficient (Wildman–Crippen LogP) is -3.81. The van der Waals surface area contributed by atoms with Gasteiger partial charge in [0, 0.05) is 35.6 Å². The molecule has 0 rings (SSSR count). The van der Waals surface area contributed by atoms with Gasteiger partial charge in [-0.15, -0.1) is 0 Å². The van der Waals surface area contributed by atoms with Crippen LogP contribution in [0.1, 0.15) is 0 Å². The van der Waals surface area contributed by atoms with E-state index in [1.165, 1.54) is 0 Å². The van der Waals surface area contributed by atoms with Gasteiger partial charge in [-0.25, -0.2) is 9.13 Å². The third-order valence-electron chi connectivity index (χ3n) is 0. The summed E-state index contributed by atoms with van der Waals surface area (Å²) in [6.45, 7) is 0. The van der Waals surface area contributed by atoms with E-state index in [-0.39, 0.29) is 92.2 Å². The second kappa shape index (κ2) is 19.5. The van der Waals surface area contributed by atoms with Crippen molar-refractivity contribution in [3.8, 4) is 0 Å². The quantitative estimate of drug-likeness (QED) is 0.195. The van der Waals surface area contributed by atoms with Crippen molar-refractivity contribution >= 4 is 72.2 Å². The molecule has 0 heterocycles. The van der Waals surface area contributed by atoms with Crippen LogP contribution in [0.5, 0.6) is 0 Å². The first-order chi connectivity index (χ1) is 4.00. The summed E-state index contributed by atoms with van der Waals surface area (Å²) in [5.74, 6) is 0. The zero-order valence-corrected chi connectivity index (χ0v) is 9.48. The minimum Gasteiger partial charge on any atom is 0 e. The molecule has 1 radical (unpaired) electrons. The van der Waals surface area contributed by atoms with Gasteiger partial charge in [-0.3, -0.25) is 0 Å². The molecule has 0 aliphatic heterocycles. The normalized spacial score (nSPS) is 7.87. The Labute approximate surface area is 145 Å². The summed E-state index contributed by atoms with van der Waals surface area (Å²) in [6, 6.07) is 0. The molecular weight excluding hydrogens is 318 g/mol. The molecule has 0 bridgehead atoms. The van der Waals surface area contributed by atoms with Crippen LogP contribution >= 0.6 is 15.6 Å². The van der Waals surface area contributed by atoms with Crippen LogP contribution < -0.4 is 0 Å². The molecular formula is H9FeLi3O8P2V. The van der Waals surface area contributed by atoms with Crippen molar-refractivity contribution in [1.29, 1.82) is 0 Å². The number of phosphoric acid groups is 2. The van der Waals surface area contributed by atoms with Crippen LogP contribution in [-0.2, 0) is 44.8 Å². The van der Waals surface area contributed by atoms with E-state index >= 15 is 0 Å². The minimum absolute atomic E-state index is 0. The summed E-state index contributed by atoms with van der Waals surface area (Å²) < 4.78 is 17.8. The van der Waals surface area contributed by atoms with Crippen molar-refractivity contribution < 1.29 is 74.1 Å². The molecule has 0 aromatic carbocycles. The largest absolute Gasteiger partial charge is 0 e. The predicted molar refractivity (Wildman–Crippen MR) is 50.0 cm³/mol. The number of rotatable bonds is 0. The second-order valence-corrected chi connectivity index (χ2v) is 3.08. The first kappa shape index (κ1) is 43.0. The number of hydrogen-bond acceptors (Lipinski definition) is 2. The van der Waals surface area contributed by atoms with E-state index in [1.54, 1.807) is 0 Å². The molecule has 0 spiro atoms. The Kier molecular flexibility index (Phi) is 55.7. The molecule has 0 unspecified atom stereocenters. The molecule has 0 aliphatic carbocycles. The van der Waals surface area contributed by atoms with Crippen LogP contribution in [-0.4, -0.2) is 85.9 Å². The van der Waals surface area contributed by atoms with Crippen LogP contribution in [0.15, 0.2) is 0 Å². The average Bonchev–Trinajstić information content (AvgIpc) is 1.12. The van der Waals surface area contributed by atoms with E-state index in [0.717, 1.165) is 0 Å². The van der Waals surface area contributed by atoms with E-state index in [2.05, 4.69) is 0 Å². The molecule has 15 heteroatoms. The van der Waals surface area contributed by atoms with Gasteiger partial charge < -0.3 is 29.4 Å². The fourth-order valence-corrected chi connectivity index (χ4v) is 0. The smallest absolute Gasteiger partial charge is 0 e. The van der Waals surface area contributed by atoms with E-state index in [4.69, 9.17) is 38.5 Å². The Morgan fingerprint density at radius 1 is 0.600 bits per heavy atom. The molecule has 15 heavy (non-hydrogen) atoms. The van der Waals surface area contributed by atoms with E-state index in [9.17, 15) is 0 Å². The zero-order chi connectivity index (χ0) is 9.00. The van der Waals surface area contributed by atoms with E-state index in [1.807, 2.05) is 0 Å². The standard InChI is InChI=1S/Fe.3Li.2H3O4P.V.3H/c;;;;2*1-5(2,3)4;;;;/h;;;;2*(H3,1,2,3,4);;;;. The first-order valence-electron chi connectivity index (χ1n) is 1.57. The van der Waals surface area contributed by atoms with Gasteiger partial charge >= 0.3 is 72.2 Å². The summed E-state index contributed by atoms with van der Waals surface area (Å²) in [5.41, 5.74) is 0. The van der Waals surface area contributed by atoms with Crippen molar-refractivity contribution in [2.24, 2.45) is 0 Å². The van der Waals surface area contributed by atoms with Crippen LogP contribution in [0.3, 0.4) is 0 Å². The van der Waals surface area contributed by atoms with Gasteiger partial charge in [-0.05, 0) is 0 Å². The molecule has 0 saturated carbocycles. The average molecular weight is 327 g/mol. The maximum Gasteiger partial charge on any atom is 0 e. The van der Waals surface area contributed by atoms with Crippen LogP contribution in [0.4, 0.5) is 0 Å². The molecule has 0 fully saturated rings. The first-order valence-corrected chi connectivity index (χ1v) is 4.70.